The third-order valence-corrected chi connectivity index (χ3v) is 2.30. The molecule has 0 N–H and O–H groups in total. The van der Waals surface area contributed by atoms with Gasteiger partial charge in [-0.1, -0.05) is 39.5 Å². The lowest BCUT2D eigenvalue weighted by atomic mass is 9.94. The lowest BCUT2D eigenvalue weighted by Crippen LogP contribution is -2.22. The van der Waals surface area contributed by atoms with Crippen molar-refractivity contribution in [2.45, 2.75) is 52.4 Å². The van der Waals surface area contributed by atoms with Gasteiger partial charge >= 0.3 is 0 Å². The molecule has 0 spiro atoms. The van der Waals surface area contributed by atoms with E-state index in [1.54, 1.807) is 0 Å². The van der Waals surface area contributed by atoms with Crippen molar-refractivity contribution in [3.05, 3.63) is 0 Å². The van der Waals surface area contributed by atoms with E-state index in [4.69, 9.17) is 0 Å². The fourth-order valence-electron chi connectivity index (χ4n) is 1.37. The Labute approximate surface area is 75.0 Å². The molecule has 1 atom stereocenters. The van der Waals surface area contributed by atoms with E-state index in [2.05, 4.69) is 13.8 Å². The summed E-state index contributed by atoms with van der Waals surface area (Å²) >= 11 is 0. The van der Waals surface area contributed by atoms with Crippen LogP contribution in [0.1, 0.15) is 52.4 Å². The highest BCUT2D eigenvalue weighted by atomic mass is 16.4. The number of hydrogen-bond donors (Lipinski definition) is 0. The minimum Gasteiger partial charge on any atom is -0.550 e. The van der Waals surface area contributed by atoms with Crippen LogP contribution in [0, 0.1) is 5.92 Å². The molecule has 0 heterocycles. The largest absolute Gasteiger partial charge is 0.550 e. The highest BCUT2D eigenvalue weighted by molar-refractivity contribution is 5.64. The number of unbranched alkanes of at least 4 members (excludes halogenated alkanes) is 1. The second kappa shape index (κ2) is 7.14. The van der Waals surface area contributed by atoms with Gasteiger partial charge in [-0.3, -0.25) is 0 Å². The topological polar surface area (TPSA) is 40.1 Å². The van der Waals surface area contributed by atoms with Gasteiger partial charge in [0.15, 0.2) is 0 Å². The molecule has 0 amide bonds. The maximum atomic E-state index is 10.2. The Balaban J connectivity index is 3.45. The van der Waals surface area contributed by atoms with Crippen molar-refractivity contribution in [1.82, 2.24) is 0 Å². The summed E-state index contributed by atoms with van der Waals surface area (Å²) in [5, 5.41) is 10.2. The third kappa shape index (κ3) is 6.20. The third-order valence-electron chi connectivity index (χ3n) is 2.30. The van der Waals surface area contributed by atoms with Gasteiger partial charge in [0.2, 0.25) is 0 Å². The van der Waals surface area contributed by atoms with Crippen molar-refractivity contribution in [3.63, 3.8) is 0 Å². The van der Waals surface area contributed by atoms with Crippen molar-refractivity contribution in [2.24, 2.45) is 5.92 Å². The molecule has 0 aromatic carbocycles. The average molecular weight is 171 g/mol. The molecule has 12 heavy (non-hydrogen) atoms. The molecular formula is C10H19O2-. The van der Waals surface area contributed by atoms with Crippen LogP contribution in [0.3, 0.4) is 0 Å². The van der Waals surface area contributed by atoms with Crippen LogP contribution in [0.25, 0.3) is 0 Å². The fourth-order valence-corrected chi connectivity index (χ4v) is 1.37. The Morgan fingerprint density at radius 2 is 2.00 bits per heavy atom. The van der Waals surface area contributed by atoms with Crippen molar-refractivity contribution < 1.29 is 9.90 Å². The van der Waals surface area contributed by atoms with Crippen LogP contribution in [0.5, 0.6) is 0 Å². The van der Waals surface area contributed by atoms with Crippen molar-refractivity contribution in [2.75, 3.05) is 0 Å². The lowest BCUT2D eigenvalue weighted by Gasteiger charge is -2.13. The van der Waals surface area contributed by atoms with Gasteiger partial charge in [0.1, 0.15) is 0 Å². The van der Waals surface area contributed by atoms with Gasteiger partial charge < -0.3 is 9.90 Å². The first-order valence-corrected chi connectivity index (χ1v) is 4.90. The Morgan fingerprint density at radius 1 is 1.33 bits per heavy atom. The van der Waals surface area contributed by atoms with E-state index < -0.39 is 5.97 Å². The van der Waals surface area contributed by atoms with E-state index in [1.165, 1.54) is 19.3 Å². The molecule has 0 saturated heterocycles. The monoisotopic (exact) mass is 171 g/mol. The summed E-state index contributed by atoms with van der Waals surface area (Å²) in [6, 6.07) is 0. The molecule has 0 aliphatic rings. The predicted molar refractivity (Wildman–Crippen MR) is 47.5 cm³/mol. The molecule has 0 bridgehead atoms. The number of carbonyl (C=O) groups is 1. The van der Waals surface area contributed by atoms with Gasteiger partial charge in [0.05, 0.1) is 0 Å². The maximum absolute atomic E-state index is 10.2. The number of carbonyl (C=O) groups excluding carboxylic acids is 1. The smallest absolute Gasteiger partial charge is 0.0414 e. The Morgan fingerprint density at radius 3 is 2.42 bits per heavy atom. The molecule has 1 unspecified atom stereocenters. The summed E-state index contributed by atoms with van der Waals surface area (Å²) in [5.41, 5.74) is 0. The quantitative estimate of drug-likeness (QED) is 0.585. The molecule has 72 valence electrons. The number of hydrogen-bond acceptors (Lipinski definition) is 2. The molecule has 0 aromatic rings. The maximum Gasteiger partial charge on any atom is 0.0414 e. The van der Waals surface area contributed by atoms with Crippen LogP contribution >= 0.6 is 0 Å². The Bertz CT molecular complexity index is 121. The normalized spacial score (nSPS) is 12.8. The average Bonchev–Trinajstić information content (AvgIpc) is 2.05. The van der Waals surface area contributed by atoms with E-state index in [9.17, 15) is 9.90 Å². The second-order valence-corrected chi connectivity index (χ2v) is 3.33. The molecule has 0 aliphatic carbocycles. The number of carboxylic acids is 1. The van der Waals surface area contributed by atoms with E-state index in [0.717, 1.165) is 12.8 Å². The van der Waals surface area contributed by atoms with Crippen LogP contribution < -0.4 is 5.11 Å². The molecule has 2 nitrogen and oxygen atoms in total. The molecule has 0 fully saturated rings. The summed E-state index contributed by atoms with van der Waals surface area (Å²) in [7, 11) is 0. The van der Waals surface area contributed by atoms with Crippen molar-refractivity contribution in [3.8, 4) is 0 Å². The summed E-state index contributed by atoms with van der Waals surface area (Å²) in [6.45, 7) is 4.28. The first kappa shape index (κ1) is 11.5. The first-order chi connectivity index (χ1) is 5.70. The standard InChI is InChI=1S/C10H20O2/c1-3-5-6-9(4-2)7-8-10(11)12/h9H,3-8H2,1-2H3,(H,11,12)/p-1. The summed E-state index contributed by atoms with van der Waals surface area (Å²) < 4.78 is 0. The van der Waals surface area contributed by atoms with Crippen molar-refractivity contribution in [1.29, 1.82) is 0 Å². The van der Waals surface area contributed by atoms with Gasteiger partial charge in [-0.15, -0.1) is 0 Å². The zero-order valence-corrected chi connectivity index (χ0v) is 8.14. The zero-order chi connectivity index (χ0) is 9.40. The van der Waals surface area contributed by atoms with Gasteiger partial charge in [0, 0.05) is 5.97 Å². The fraction of sp³-hybridized carbons (Fsp3) is 0.900. The van der Waals surface area contributed by atoms with Gasteiger partial charge in [-0.05, 0) is 18.8 Å². The number of carboxylic acid groups (broad SMARTS) is 1. The highest BCUT2D eigenvalue weighted by Gasteiger charge is 2.04. The Hall–Kier alpha value is -0.530. The van der Waals surface area contributed by atoms with Crippen LogP contribution in [0.15, 0.2) is 0 Å². The van der Waals surface area contributed by atoms with E-state index >= 15 is 0 Å². The molecule has 0 aliphatic heterocycles. The number of aliphatic carboxylic acids is 1. The first-order valence-electron chi connectivity index (χ1n) is 4.90. The summed E-state index contributed by atoms with van der Waals surface area (Å²) in [4.78, 5) is 10.2. The summed E-state index contributed by atoms with van der Waals surface area (Å²) in [5.74, 6) is -0.326. The van der Waals surface area contributed by atoms with Crippen LogP contribution in [-0.2, 0) is 4.79 Å². The van der Waals surface area contributed by atoms with Crippen molar-refractivity contribution >= 4 is 5.97 Å². The van der Waals surface area contributed by atoms with E-state index in [0.29, 0.717) is 5.92 Å². The minimum absolute atomic E-state index is 0.224. The van der Waals surface area contributed by atoms with E-state index in [1.807, 2.05) is 0 Å². The summed E-state index contributed by atoms with van der Waals surface area (Å²) in [6.07, 6.45) is 5.68. The van der Waals surface area contributed by atoms with Gasteiger partial charge in [-0.25, -0.2) is 0 Å². The molecule has 0 radical (unpaired) electrons. The van der Waals surface area contributed by atoms with Crippen LogP contribution in [0.4, 0.5) is 0 Å². The molecule has 0 aromatic heterocycles. The van der Waals surface area contributed by atoms with E-state index in [-0.39, 0.29) is 6.42 Å². The molecule has 0 saturated carbocycles. The molecular weight excluding hydrogens is 152 g/mol. The number of rotatable bonds is 7. The lowest BCUT2D eigenvalue weighted by molar-refractivity contribution is -0.306. The van der Waals surface area contributed by atoms with Crippen LogP contribution in [0.2, 0.25) is 0 Å². The molecule has 0 rings (SSSR count). The Kier molecular flexibility index (Phi) is 6.82. The van der Waals surface area contributed by atoms with Gasteiger partial charge in [-0.2, -0.15) is 0 Å². The predicted octanol–water partition coefficient (Wildman–Crippen LogP) is 1.73. The zero-order valence-electron chi connectivity index (χ0n) is 8.14. The van der Waals surface area contributed by atoms with Crippen LogP contribution in [-0.4, -0.2) is 5.97 Å². The minimum atomic E-state index is -0.912. The second-order valence-electron chi connectivity index (χ2n) is 3.33. The SMILES string of the molecule is CCCCC(CC)CCC(=O)[O-]. The molecule has 2 heteroatoms. The van der Waals surface area contributed by atoms with Gasteiger partial charge in [0.25, 0.3) is 0 Å². The highest BCUT2D eigenvalue weighted by Crippen LogP contribution is 2.17.